The van der Waals surface area contributed by atoms with Gasteiger partial charge in [-0.25, -0.2) is 9.78 Å². The molecule has 1 aliphatic carbocycles. The largest absolute Gasteiger partial charge is 0.480 e. The van der Waals surface area contributed by atoms with E-state index in [0.717, 1.165) is 35.6 Å². The van der Waals surface area contributed by atoms with Crippen molar-refractivity contribution in [3.05, 3.63) is 22.2 Å². The molecule has 2 aliphatic rings. The number of fused-ring (bicyclic) bond motifs is 1. The van der Waals surface area contributed by atoms with E-state index in [1.54, 1.807) is 17.2 Å². The molecule has 2 heterocycles. The fourth-order valence-corrected chi connectivity index (χ4v) is 4.38. The number of hydrogen-bond donors (Lipinski definition) is 1. The lowest BCUT2D eigenvalue weighted by atomic mass is 9.85. The minimum Gasteiger partial charge on any atom is -0.480 e. The maximum Gasteiger partial charge on any atom is 0.326 e. The van der Waals surface area contributed by atoms with Crippen molar-refractivity contribution in [3.63, 3.8) is 0 Å². The van der Waals surface area contributed by atoms with Crippen LogP contribution in [0.2, 0.25) is 0 Å². The highest BCUT2D eigenvalue weighted by atomic mass is 32.1. The number of carbonyl (C=O) groups excluding carboxylic acids is 1. The number of likely N-dealkylation sites (tertiary alicyclic amines) is 1. The average Bonchev–Trinajstić information content (AvgIpc) is 3.08. The van der Waals surface area contributed by atoms with Crippen molar-refractivity contribution in [2.45, 2.75) is 51.1 Å². The summed E-state index contributed by atoms with van der Waals surface area (Å²) in [5.41, 5.74) is 0. The molecule has 118 valence electrons. The lowest BCUT2D eigenvalue weighted by Crippen LogP contribution is -2.45. The molecule has 1 aromatic heterocycles. The number of carboxylic acid groups (broad SMARTS) is 1. The van der Waals surface area contributed by atoms with E-state index in [9.17, 15) is 14.7 Å². The van der Waals surface area contributed by atoms with Crippen molar-refractivity contribution in [2.24, 2.45) is 5.92 Å². The van der Waals surface area contributed by atoms with Gasteiger partial charge in [0.1, 0.15) is 6.04 Å². The first-order valence-corrected chi connectivity index (χ1v) is 8.53. The van der Waals surface area contributed by atoms with Crippen LogP contribution in [0.25, 0.3) is 6.08 Å². The molecule has 1 amide bonds. The molecule has 1 saturated heterocycles. The van der Waals surface area contributed by atoms with Gasteiger partial charge in [-0.1, -0.05) is 12.8 Å². The molecular formula is C16H20N2O3S. The maximum atomic E-state index is 12.6. The summed E-state index contributed by atoms with van der Waals surface area (Å²) in [6.07, 6.45) is 9.75. The Morgan fingerprint density at radius 1 is 1.41 bits per heavy atom. The van der Waals surface area contributed by atoms with E-state index in [1.807, 2.05) is 6.92 Å². The zero-order valence-electron chi connectivity index (χ0n) is 12.6. The van der Waals surface area contributed by atoms with Gasteiger partial charge in [-0.2, -0.15) is 0 Å². The molecule has 0 spiro atoms. The van der Waals surface area contributed by atoms with Gasteiger partial charge in [-0.05, 0) is 38.2 Å². The Bertz CT molecular complexity index is 610. The number of hydrogen-bond acceptors (Lipinski definition) is 4. The molecule has 1 aliphatic heterocycles. The van der Waals surface area contributed by atoms with Crippen molar-refractivity contribution >= 4 is 29.3 Å². The van der Waals surface area contributed by atoms with Crippen molar-refractivity contribution in [1.82, 2.24) is 9.88 Å². The Hall–Kier alpha value is -1.69. The van der Waals surface area contributed by atoms with E-state index in [1.165, 1.54) is 17.4 Å². The highest BCUT2D eigenvalue weighted by Gasteiger charge is 2.46. The third kappa shape index (κ3) is 2.92. The number of carboxylic acids is 1. The van der Waals surface area contributed by atoms with E-state index in [2.05, 4.69) is 4.98 Å². The van der Waals surface area contributed by atoms with Crippen LogP contribution in [-0.4, -0.2) is 39.0 Å². The van der Waals surface area contributed by atoms with Crippen LogP contribution >= 0.6 is 11.3 Å². The fraction of sp³-hybridized carbons (Fsp3) is 0.562. The molecule has 5 nitrogen and oxygen atoms in total. The van der Waals surface area contributed by atoms with Gasteiger partial charge < -0.3 is 10.0 Å². The molecule has 22 heavy (non-hydrogen) atoms. The van der Waals surface area contributed by atoms with Gasteiger partial charge in [0.2, 0.25) is 5.91 Å². The Morgan fingerprint density at radius 3 is 2.86 bits per heavy atom. The van der Waals surface area contributed by atoms with Crippen LogP contribution in [-0.2, 0) is 9.59 Å². The van der Waals surface area contributed by atoms with Crippen LogP contribution in [0.15, 0.2) is 12.3 Å². The summed E-state index contributed by atoms with van der Waals surface area (Å²) < 4.78 is 0. The van der Waals surface area contributed by atoms with E-state index in [0.29, 0.717) is 12.3 Å². The molecule has 1 N–H and O–H groups in total. The Balaban J connectivity index is 1.78. The van der Waals surface area contributed by atoms with Gasteiger partial charge in [0.25, 0.3) is 0 Å². The van der Waals surface area contributed by atoms with Crippen molar-refractivity contribution in [1.29, 1.82) is 0 Å². The van der Waals surface area contributed by atoms with E-state index in [4.69, 9.17) is 0 Å². The number of nitrogens with zero attached hydrogens (tertiary/aromatic N) is 2. The Labute approximate surface area is 133 Å². The first-order chi connectivity index (χ1) is 10.6. The molecule has 2 fully saturated rings. The molecule has 1 saturated carbocycles. The molecule has 6 heteroatoms. The summed E-state index contributed by atoms with van der Waals surface area (Å²) in [4.78, 5) is 30.7. The lowest BCUT2D eigenvalue weighted by Gasteiger charge is -2.32. The van der Waals surface area contributed by atoms with Gasteiger partial charge in [0.05, 0.1) is 5.01 Å². The highest BCUT2D eigenvalue weighted by molar-refractivity contribution is 7.12. The second-order valence-electron chi connectivity index (χ2n) is 6.06. The molecule has 0 radical (unpaired) electrons. The van der Waals surface area contributed by atoms with Gasteiger partial charge in [-0.3, -0.25) is 4.79 Å². The summed E-state index contributed by atoms with van der Waals surface area (Å²) in [5.74, 6) is -0.726. The van der Waals surface area contributed by atoms with Gasteiger partial charge in [0, 0.05) is 23.2 Å². The van der Waals surface area contributed by atoms with Crippen LogP contribution in [0.1, 0.15) is 42.0 Å². The molecule has 3 rings (SSSR count). The fourth-order valence-electron chi connectivity index (χ4n) is 3.69. The summed E-state index contributed by atoms with van der Waals surface area (Å²) in [7, 11) is 0. The first kappa shape index (κ1) is 15.2. The minimum atomic E-state index is -0.884. The number of amides is 1. The quantitative estimate of drug-likeness (QED) is 0.869. The van der Waals surface area contributed by atoms with Crippen molar-refractivity contribution < 1.29 is 14.7 Å². The van der Waals surface area contributed by atoms with Crippen LogP contribution in [0.5, 0.6) is 0 Å². The molecule has 0 aromatic carbocycles. The molecule has 3 atom stereocenters. The number of aromatic nitrogens is 1. The normalized spacial score (nSPS) is 28.0. The number of thiazole rings is 1. The summed E-state index contributed by atoms with van der Waals surface area (Å²) in [6, 6.07) is -0.580. The standard InChI is InChI=1S/C16H20N2O3S/c1-10-17-9-12(22-10)6-7-15(19)18-13-5-3-2-4-11(13)8-14(18)16(20)21/h6-7,9,11,13-14H,2-5,8H2,1H3,(H,20,21). The third-order valence-electron chi connectivity index (χ3n) is 4.66. The molecule has 1 aromatic rings. The van der Waals surface area contributed by atoms with Crippen LogP contribution < -0.4 is 0 Å². The van der Waals surface area contributed by atoms with Gasteiger partial charge in [-0.15, -0.1) is 11.3 Å². The Kier molecular flexibility index (Phi) is 4.29. The summed E-state index contributed by atoms with van der Waals surface area (Å²) >= 11 is 1.52. The van der Waals surface area contributed by atoms with E-state index >= 15 is 0 Å². The molecule has 0 bridgehead atoms. The smallest absolute Gasteiger partial charge is 0.326 e. The third-order valence-corrected chi connectivity index (χ3v) is 5.53. The number of aryl methyl sites for hydroxylation is 1. The van der Waals surface area contributed by atoms with Crippen LogP contribution in [0.4, 0.5) is 0 Å². The highest BCUT2D eigenvalue weighted by Crippen LogP contribution is 2.40. The van der Waals surface area contributed by atoms with Crippen molar-refractivity contribution in [2.75, 3.05) is 0 Å². The zero-order valence-corrected chi connectivity index (χ0v) is 13.4. The maximum absolute atomic E-state index is 12.6. The summed E-state index contributed by atoms with van der Waals surface area (Å²) in [5, 5.41) is 10.4. The topological polar surface area (TPSA) is 70.5 Å². The van der Waals surface area contributed by atoms with Crippen LogP contribution in [0, 0.1) is 12.8 Å². The second-order valence-corrected chi connectivity index (χ2v) is 7.33. The number of rotatable bonds is 3. The number of aliphatic carboxylic acids is 1. The molecular weight excluding hydrogens is 300 g/mol. The lowest BCUT2D eigenvalue weighted by molar-refractivity contribution is -0.147. The van der Waals surface area contributed by atoms with Gasteiger partial charge in [0.15, 0.2) is 0 Å². The predicted octanol–water partition coefficient (Wildman–Crippen LogP) is 2.71. The predicted molar refractivity (Wildman–Crippen MR) is 84.5 cm³/mol. The SMILES string of the molecule is Cc1ncc(C=CC(=O)N2C(C(=O)O)CC3CCCCC32)s1. The minimum absolute atomic E-state index is 0.0928. The van der Waals surface area contributed by atoms with E-state index < -0.39 is 12.0 Å². The average molecular weight is 320 g/mol. The molecule has 3 unspecified atom stereocenters. The van der Waals surface area contributed by atoms with Crippen LogP contribution in [0.3, 0.4) is 0 Å². The number of carbonyl (C=O) groups is 2. The van der Waals surface area contributed by atoms with E-state index in [-0.39, 0.29) is 11.9 Å². The monoisotopic (exact) mass is 320 g/mol. The Morgan fingerprint density at radius 2 is 2.18 bits per heavy atom. The summed E-state index contributed by atoms with van der Waals surface area (Å²) in [6.45, 7) is 1.91. The van der Waals surface area contributed by atoms with Gasteiger partial charge >= 0.3 is 5.97 Å². The first-order valence-electron chi connectivity index (χ1n) is 7.72. The zero-order chi connectivity index (χ0) is 15.7. The van der Waals surface area contributed by atoms with Crippen molar-refractivity contribution in [3.8, 4) is 0 Å². The second kappa shape index (κ2) is 6.20.